The summed E-state index contributed by atoms with van der Waals surface area (Å²) in [6, 6.07) is 6.46. The minimum absolute atomic E-state index is 0.0635. The van der Waals surface area contributed by atoms with Crippen molar-refractivity contribution >= 4 is 11.8 Å². The third-order valence-electron chi connectivity index (χ3n) is 6.16. The van der Waals surface area contributed by atoms with E-state index in [1.807, 2.05) is 0 Å². The SMILES string of the molecule is CC12CC3CC(C)(CC(C1)C3OC(=O)Nc1ccc(O)cc1)C2. The highest BCUT2D eigenvalue weighted by molar-refractivity contribution is 5.84. The van der Waals surface area contributed by atoms with Crippen LogP contribution in [0, 0.1) is 22.7 Å². The van der Waals surface area contributed by atoms with E-state index in [9.17, 15) is 9.90 Å². The minimum Gasteiger partial charge on any atom is -0.508 e. The summed E-state index contributed by atoms with van der Waals surface area (Å²) in [5, 5.41) is 12.1. The summed E-state index contributed by atoms with van der Waals surface area (Å²) in [7, 11) is 0. The zero-order valence-electron chi connectivity index (χ0n) is 13.8. The topological polar surface area (TPSA) is 58.6 Å². The van der Waals surface area contributed by atoms with E-state index >= 15 is 0 Å². The normalized spacial score (nSPS) is 40.9. The number of anilines is 1. The van der Waals surface area contributed by atoms with Crippen molar-refractivity contribution in [2.24, 2.45) is 22.7 Å². The number of ether oxygens (including phenoxy) is 1. The Kier molecular flexibility index (Phi) is 3.16. The average Bonchev–Trinajstić information content (AvgIpc) is 2.43. The molecule has 124 valence electrons. The maximum atomic E-state index is 12.3. The number of carbonyl (C=O) groups is 1. The highest BCUT2D eigenvalue weighted by Gasteiger charge is 2.59. The van der Waals surface area contributed by atoms with Gasteiger partial charge in [0.25, 0.3) is 0 Å². The van der Waals surface area contributed by atoms with Gasteiger partial charge in [0.1, 0.15) is 11.9 Å². The first-order valence-electron chi connectivity index (χ1n) is 8.61. The van der Waals surface area contributed by atoms with Crippen molar-refractivity contribution in [3.8, 4) is 5.75 Å². The number of phenolic OH excluding ortho intramolecular Hbond substituents is 1. The van der Waals surface area contributed by atoms with Crippen LogP contribution in [0.2, 0.25) is 0 Å². The van der Waals surface area contributed by atoms with Gasteiger partial charge in [0.15, 0.2) is 0 Å². The van der Waals surface area contributed by atoms with E-state index in [4.69, 9.17) is 4.74 Å². The lowest BCUT2D eigenvalue weighted by Crippen LogP contribution is -2.57. The first kappa shape index (κ1) is 14.9. The van der Waals surface area contributed by atoms with Crippen LogP contribution in [-0.4, -0.2) is 17.3 Å². The number of amides is 1. The van der Waals surface area contributed by atoms with E-state index in [1.54, 1.807) is 24.3 Å². The maximum Gasteiger partial charge on any atom is 0.411 e. The summed E-state index contributed by atoms with van der Waals surface area (Å²) in [6.07, 6.45) is 5.79. The predicted octanol–water partition coefficient (Wildman–Crippen LogP) is 4.55. The van der Waals surface area contributed by atoms with Gasteiger partial charge in [-0.05, 0) is 79.0 Å². The van der Waals surface area contributed by atoms with Crippen LogP contribution < -0.4 is 5.32 Å². The quantitative estimate of drug-likeness (QED) is 0.787. The van der Waals surface area contributed by atoms with Crippen molar-refractivity contribution in [1.82, 2.24) is 0 Å². The minimum atomic E-state index is -0.372. The van der Waals surface area contributed by atoms with E-state index in [0.717, 1.165) is 0 Å². The van der Waals surface area contributed by atoms with Crippen LogP contribution in [0.3, 0.4) is 0 Å². The first-order valence-corrected chi connectivity index (χ1v) is 8.61. The summed E-state index contributed by atoms with van der Waals surface area (Å²) in [5.74, 6) is 1.21. The Labute approximate surface area is 137 Å². The number of nitrogens with one attached hydrogen (secondary N) is 1. The van der Waals surface area contributed by atoms with Gasteiger partial charge in [-0.25, -0.2) is 4.79 Å². The first-order chi connectivity index (χ1) is 10.8. The Balaban J connectivity index is 1.43. The average molecular weight is 315 g/mol. The molecule has 4 aliphatic carbocycles. The molecular formula is C19H25NO3. The molecule has 4 bridgehead atoms. The third-order valence-corrected chi connectivity index (χ3v) is 6.16. The Bertz CT molecular complexity index is 588. The van der Waals surface area contributed by atoms with Crippen LogP contribution >= 0.6 is 0 Å². The molecular weight excluding hydrogens is 290 g/mol. The summed E-state index contributed by atoms with van der Waals surface area (Å²) in [4.78, 5) is 12.3. The van der Waals surface area contributed by atoms with Gasteiger partial charge in [-0.3, -0.25) is 5.32 Å². The molecule has 0 radical (unpaired) electrons. The van der Waals surface area contributed by atoms with Crippen LogP contribution in [0.25, 0.3) is 0 Å². The van der Waals surface area contributed by atoms with Gasteiger partial charge in [-0.2, -0.15) is 0 Å². The molecule has 1 aromatic rings. The molecule has 4 fully saturated rings. The van der Waals surface area contributed by atoms with E-state index in [0.29, 0.717) is 28.4 Å². The zero-order chi connectivity index (χ0) is 16.2. The second kappa shape index (κ2) is 4.89. The fraction of sp³-hybridized carbons (Fsp3) is 0.632. The van der Waals surface area contributed by atoms with Gasteiger partial charge in [0.05, 0.1) is 0 Å². The van der Waals surface area contributed by atoms with Crippen molar-refractivity contribution in [1.29, 1.82) is 0 Å². The lowest BCUT2D eigenvalue weighted by molar-refractivity contribution is -0.161. The number of rotatable bonds is 2. The monoisotopic (exact) mass is 315 g/mol. The molecule has 0 atom stereocenters. The highest BCUT2D eigenvalue weighted by Crippen LogP contribution is 2.65. The van der Waals surface area contributed by atoms with E-state index in [-0.39, 0.29) is 17.9 Å². The smallest absolute Gasteiger partial charge is 0.411 e. The number of hydrogen-bond donors (Lipinski definition) is 2. The van der Waals surface area contributed by atoms with Crippen LogP contribution in [0.5, 0.6) is 5.75 Å². The van der Waals surface area contributed by atoms with Crippen molar-refractivity contribution in [3.63, 3.8) is 0 Å². The molecule has 0 spiro atoms. The van der Waals surface area contributed by atoms with Crippen molar-refractivity contribution in [2.45, 2.75) is 52.1 Å². The van der Waals surface area contributed by atoms with Crippen LogP contribution in [0.15, 0.2) is 24.3 Å². The Hall–Kier alpha value is -1.71. The number of carbonyl (C=O) groups excluding carboxylic acids is 1. The van der Waals surface area contributed by atoms with Crippen LogP contribution in [0.1, 0.15) is 46.0 Å². The highest BCUT2D eigenvalue weighted by atomic mass is 16.6. The summed E-state index contributed by atoms with van der Waals surface area (Å²) >= 11 is 0. The maximum absolute atomic E-state index is 12.3. The molecule has 1 amide bonds. The molecule has 23 heavy (non-hydrogen) atoms. The largest absolute Gasteiger partial charge is 0.508 e. The predicted molar refractivity (Wildman–Crippen MR) is 88.3 cm³/mol. The third kappa shape index (κ3) is 2.68. The molecule has 4 nitrogen and oxygen atoms in total. The van der Waals surface area contributed by atoms with Gasteiger partial charge in [0.2, 0.25) is 0 Å². The molecule has 0 unspecified atom stereocenters. The lowest BCUT2D eigenvalue weighted by Gasteiger charge is -2.62. The van der Waals surface area contributed by atoms with Gasteiger partial charge in [-0.1, -0.05) is 13.8 Å². The van der Waals surface area contributed by atoms with Crippen molar-refractivity contribution in [2.75, 3.05) is 5.32 Å². The van der Waals surface area contributed by atoms with Crippen molar-refractivity contribution in [3.05, 3.63) is 24.3 Å². The number of phenols is 1. The van der Waals surface area contributed by atoms with Crippen molar-refractivity contribution < 1.29 is 14.6 Å². The summed E-state index contributed by atoms with van der Waals surface area (Å²) < 4.78 is 5.84. The van der Waals surface area contributed by atoms with E-state index < -0.39 is 0 Å². The Morgan fingerprint density at radius 3 is 2.13 bits per heavy atom. The molecule has 0 aromatic heterocycles. The molecule has 0 heterocycles. The Morgan fingerprint density at radius 1 is 1.09 bits per heavy atom. The molecule has 4 heteroatoms. The van der Waals surface area contributed by atoms with Gasteiger partial charge >= 0.3 is 6.09 Å². The molecule has 0 saturated heterocycles. The van der Waals surface area contributed by atoms with Gasteiger partial charge < -0.3 is 9.84 Å². The molecule has 4 saturated carbocycles. The van der Waals surface area contributed by atoms with Gasteiger partial charge in [0, 0.05) is 5.69 Å². The van der Waals surface area contributed by atoms with Crippen LogP contribution in [-0.2, 0) is 4.74 Å². The lowest BCUT2D eigenvalue weighted by atomic mass is 9.44. The fourth-order valence-corrected chi connectivity index (χ4v) is 6.02. The van der Waals surface area contributed by atoms with Gasteiger partial charge in [-0.15, -0.1) is 0 Å². The summed E-state index contributed by atoms with van der Waals surface area (Å²) in [6.45, 7) is 4.83. The fourth-order valence-electron chi connectivity index (χ4n) is 6.02. The molecule has 2 N–H and O–H groups in total. The number of hydrogen-bond acceptors (Lipinski definition) is 3. The molecule has 0 aliphatic heterocycles. The van der Waals surface area contributed by atoms with E-state index in [1.165, 1.54) is 32.1 Å². The molecule has 5 rings (SSSR count). The molecule has 4 aliphatic rings. The Morgan fingerprint density at radius 2 is 1.61 bits per heavy atom. The second-order valence-corrected chi connectivity index (χ2v) is 8.68. The zero-order valence-corrected chi connectivity index (χ0v) is 13.8. The van der Waals surface area contributed by atoms with E-state index in [2.05, 4.69) is 19.2 Å². The summed E-state index contributed by atoms with van der Waals surface area (Å²) in [5.41, 5.74) is 1.55. The van der Waals surface area contributed by atoms with Crippen LogP contribution in [0.4, 0.5) is 10.5 Å². The number of aromatic hydroxyl groups is 1. The standard InChI is InChI=1S/C19H25NO3/c1-18-7-12-9-19(2,11-18)10-13(8-18)16(12)23-17(22)20-14-3-5-15(21)6-4-14/h3-6,12-13,16,21H,7-11H2,1-2H3,(H,20,22). The molecule has 1 aromatic carbocycles. The second-order valence-electron chi connectivity index (χ2n) is 8.68. The number of benzene rings is 1.